The van der Waals surface area contributed by atoms with Gasteiger partial charge in [-0.2, -0.15) is 4.98 Å². The minimum Gasteiger partial charge on any atom is -0.463 e. The van der Waals surface area contributed by atoms with Crippen LogP contribution in [0.5, 0.6) is 0 Å². The number of hydrogen-bond acceptors (Lipinski definition) is 8. The largest absolute Gasteiger partial charge is 0.463 e. The molecule has 2 aromatic rings. The van der Waals surface area contributed by atoms with Crippen molar-refractivity contribution in [3.63, 3.8) is 0 Å². The van der Waals surface area contributed by atoms with E-state index in [-0.39, 0.29) is 18.8 Å². The smallest absolute Gasteiger partial charge is 0.351 e. The number of nitrogens with zero attached hydrogens (tertiary/aromatic N) is 2. The van der Waals surface area contributed by atoms with Crippen LogP contribution in [0.1, 0.15) is 36.9 Å². The number of hydrogen-bond donors (Lipinski definition) is 1. The highest BCUT2D eigenvalue weighted by Gasteiger charge is 2.39. The zero-order chi connectivity index (χ0) is 22.5. The maximum Gasteiger partial charge on any atom is 0.351 e. The molecule has 2 heterocycles. The Hall–Kier alpha value is -2.80. The van der Waals surface area contributed by atoms with Crippen molar-refractivity contribution in [1.82, 2.24) is 9.55 Å². The van der Waals surface area contributed by atoms with Gasteiger partial charge in [-0.3, -0.25) is 19.0 Å². The van der Waals surface area contributed by atoms with Gasteiger partial charge in [-0.25, -0.2) is 4.79 Å². The van der Waals surface area contributed by atoms with Crippen molar-refractivity contribution < 1.29 is 28.6 Å². The van der Waals surface area contributed by atoms with Crippen LogP contribution in [0.25, 0.3) is 0 Å². The zero-order valence-electron chi connectivity index (χ0n) is 16.7. The fraction of sp³-hybridized carbons (Fsp3) is 0.350. The summed E-state index contributed by atoms with van der Waals surface area (Å²) in [5, 5.41) is 2.62. The van der Waals surface area contributed by atoms with Crippen molar-refractivity contribution >= 4 is 46.3 Å². The third-order valence-electron chi connectivity index (χ3n) is 4.43. The summed E-state index contributed by atoms with van der Waals surface area (Å²) < 4.78 is 17.8. The Morgan fingerprint density at radius 3 is 2.58 bits per heavy atom. The van der Waals surface area contributed by atoms with Gasteiger partial charge in [0.2, 0.25) is 0 Å². The number of halogens is 1. The van der Waals surface area contributed by atoms with E-state index in [0.717, 1.165) is 0 Å². The van der Waals surface area contributed by atoms with Gasteiger partial charge < -0.3 is 19.5 Å². The van der Waals surface area contributed by atoms with Crippen LogP contribution in [0, 0.1) is 3.57 Å². The highest BCUT2D eigenvalue weighted by atomic mass is 127. The quantitative estimate of drug-likeness (QED) is 0.434. The van der Waals surface area contributed by atoms with E-state index in [9.17, 15) is 19.2 Å². The molecule has 1 saturated heterocycles. The van der Waals surface area contributed by atoms with Crippen LogP contribution in [0.2, 0.25) is 0 Å². The summed E-state index contributed by atoms with van der Waals surface area (Å²) in [6, 6.07) is 8.55. The lowest BCUT2D eigenvalue weighted by atomic mass is 10.2. The molecule has 1 fully saturated rings. The van der Waals surface area contributed by atoms with Gasteiger partial charge in [0.05, 0.1) is 3.57 Å². The number of carbonyl (C=O) groups excluding carboxylic acids is 3. The Balaban J connectivity index is 1.78. The minimum atomic E-state index is -0.780. The molecule has 1 amide bonds. The van der Waals surface area contributed by atoms with E-state index in [1.807, 2.05) is 22.6 Å². The Morgan fingerprint density at radius 2 is 1.94 bits per heavy atom. The van der Waals surface area contributed by atoms with Crippen molar-refractivity contribution in [1.29, 1.82) is 0 Å². The molecule has 10 nitrogen and oxygen atoms in total. The average molecular weight is 541 g/mol. The molecule has 0 spiro atoms. The summed E-state index contributed by atoms with van der Waals surface area (Å²) in [4.78, 5) is 51.5. The van der Waals surface area contributed by atoms with Crippen LogP contribution in [-0.4, -0.2) is 46.2 Å². The number of ether oxygens (including phenoxy) is 3. The molecule has 0 unspecified atom stereocenters. The van der Waals surface area contributed by atoms with Crippen LogP contribution in [0.3, 0.4) is 0 Å². The van der Waals surface area contributed by atoms with E-state index in [4.69, 9.17) is 14.2 Å². The number of aromatic nitrogens is 2. The predicted molar refractivity (Wildman–Crippen MR) is 116 cm³/mol. The fourth-order valence-electron chi connectivity index (χ4n) is 3.07. The van der Waals surface area contributed by atoms with E-state index in [1.165, 1.54) is 24.6 Å². The molecule has 0 radical (unpaired) electrons. The van der Waals surface area contributed by atoms with Crippen LogP contribution in [-0.2, 0) is 23.8 Å². The normalized spacial score (nSPS) is 20.2. The van der Waals surface area contributed by atoms with Gasteiger partial charge in [0, 0.05) is 32.0 Å². The Kier molecular flexibility index (Phi) is 7.38. The molecule has 0 bridgehead atoms. The summed E-state index contributed by atoms with van der Waals surface area (Å²) >= 11 is 1.95. The molecular weight excluding hydrogens is 521 g/mol. The third-order valence-corrected chi connectivity index (χ3v) is 5.22. The van der Waals surface area contributed by atoms with E-state index in [2.05, 4.69) is 10.3 Å². The summed E-state index contributed by atoms with van der Waals surface area (Å²) in [6.45, 7) is 2.40. The number of amides is 1. The van der Waals surface area contributed by atoms with Crippen molar-refractivity contribution in [2.75, 3.05) is 11.9 Å². The molecule has 1 aromatic carbocycles. The second-order valence-electron chi connectivity index (χ2n) is 6.76. The minimum absolute atomic E-state index is 0.117. The molecular formula is C20H20IN3O7. The number of carbonyl (C=O) groups is 3. The molecule has 31 heavy (non-hydrogen) atoms. The highest BCUT2D eigenvalue weighted by Crippen LogP contribution is 2.31. The number of rotatable bonds is 6. The summed E-state index contributed by atoms with van der Waals surface area (Å²) in [7, 11) is 0. The third kappa shape index (κ3) is 5.88. The summed E-state index contributed by atoms with van der Waals surface area (Å²) in [5.41, 5.74) is -0.218. The molecule has 164 valence electrons. The molecule has 1 aromatic heterocycles. The SMILES string of the molecule is CC(=O)OC[C@H]1O[C@@H](n2cc(I)c(NC(=O)c3ccccc3)nc2=O)C[C@@H]1OC(C)=O. The maximum atomic E-state index is 12.6. The topological polar surface area (TPSA) is 126 Å². The van der Waals surface area contributed by atoms with Gasteiger partial charge in [0.25, 0.3) is 5.91 Å². The first-order valence-corrected chi connectivity index (χ1v) is 10.4. The van der Waals surface area contributed by atoms with Crippen LogP contribution >= 0.6 is 22.6 Å². The predicted octanol–water partition coefficient (Wildman–Crippen LogP) is 1.88. The Morgan fingerprint density at radius 1 is 1.23 bits per heavy atom. The van der Waals surface area contributed by atoms with Gasteiger partial charge in [-0.15, -0.1) is 0 Å². The van der Waals surface area contributed by atoms with Gasteiger partial charge in [-0.05, 0) is 34.7 Å². The van der Waals surface area contributed by atoms with Crippen molar-refractivity contribution in [2.45, 2.75) is 38.7 Å². The Bertz CT molecular complexity index is 1040. The fourth-order valence-corrected chi connectivity index (χ4v) is 3.62. The molecule has 1 aliphatic heterocycles. The van der Waals surface area contributed by atoms with Gasteiger partial charge in [0.15, 0.2) is 5.82 Å². The van der Waals surface area contributed by atoms with Crippen molar-refractivity contribution in [3.8, 4) is 0 Å². The number of esters is 2. The van der Waals surface area contributed by atoms with Gasteiger partial charge in [0.1, 0.15) is 25.0 Å². The molecule has 11 heteroatoms. The standard InChI is InChI=1S/C20H20IN3O7/c1-11(25)29-10-16-15(30-12(2)26)8-17(31-16)24-9-14(21)18(23-20(24)28)22-19(27)13-6-4-3-5-7-13/h3-7,9,15-17H,8,10H2,1-2H3,(H,22,23,27,28)/t15-,16+,17+/m0/s1. The first-order valence-electron chi connectivity index (χ1n) is 9.35. The van der Waals surface area contributed by atoms with E-state index < -0.39 is 42.0 Å². The summed E-state index contributed by atoms with van der Waals surface area (Å²) in [5.74, 6) is -1.28. The van der Waals surface area contributed by atoms with Crippen LogP contribution < -0.4 is 11.0 Å². The van der Waals surface area contributed by atoms with Crippen LogP contribution in [0.15, 0.2) is 41.3 Å². The number of anilines is 1. The number of benzene rings is 1. The molecule has 3 rings (SSSR count). The first kappa shape index (κ1) is 22.9. The second-order valence-corrected chi connectivity index (χ2v) is 7.92. The molecule has 0 aliphatic carbocycles. The first-order chi connectivity index (χ1) is 14.7. The second kappa shape index (κ2) is 10.0. The van der Waals surface area contributed by atoms with E-state index in [0.29, 0.717) is 9.13 Å². The zero-order valence-corrected chi connectivity index (χ0v) is 18.9. The molecule has 1 aliphatic rings. The van der Waals surface area contributed by atoms with Crippen molar-refractivity contribution in [3.05, 3.63) is 56.1 Å². The number of nitrogens with one attached hydrogen (secondary N) is 1. The maximum absolute atomic E-state index is 12.6. The summed E-state index contributed by atoms with van der Waals surface area (Å²) in [6.07, 6.45) is -0.514. The highest BCUT2D eigenvalue weighted by molar-refractivity contribution is 14.1. The van der Waals surface area contributed by atoms with Gasteiger partial charge in [-0.1, -0.05) is 18.2 Å². The average Bonchev–Trinajstić information content (AvgIpc) is 3.11. The Labute approximate surface area is 191 Å². The molecule has 1 N–H and O–H groups in total. The monoisotopic (exact) mass is 541 g/mol. The molecule has 3 atom stereocenters. The lowest BCUT2D eigenvalue weighted by Gasteiger charge is -2.18. The molecule has 0 saturated carbocycles. The van der Waals surface area contributed by atoms with Crippen LogP contribution in [0.4, 0.5) is 5.82 Å². The van der Waals surface area contributed by atoms with Gasteiger partial charge >= 0.3 is 17.6 Å². The van der Waals surface area contributed by atoms with E-state index >= 15 is 0 Å². The lowest BCUT2D eigenvalue weighted by molar-refractivity contribution is -0.155. The van der Waals surface area contributed by atoms with Crippen molar-refractivity contribution in [2.24, 2.45) is 0 Å². The van der Waals surface area contributed by atoms with E-state index in [1.54, 1.807) is 30.3 Å². The lowest BCUT2D eigenvalue weighted by Crippen LogP contribution is -2.31.